The molecule has 0 aliphatic rings. The maximum absolute atomic E-state index is 11.9. The number of unbranched alkanes of at least 4 members (excludes halogenated alkanes) is 18. The fourth-order valence-electron chi connectivity index (χ4n) is 3.84. The van der Waals surface area contributed by atoms with Gasteiger partial charge in [-0.3, -0.25) is 4.79 Å². The van der Waals surface area contributed by atoms with Crippen LogP contribution in [0.25, 0.3) is 0 Å². The van der Waals surface area contributed by atoms with Crippen molar-refractivity contribution in [2.45, 2.75) is 155 Å². The summed E-state index contributed by atoms with van der Waals surface area (Å²) in [5.41, 5.74) is 5.98. The fourth-order valence-corrected chi connectivity index (χ4v) is 3.84. The van der Waals surface area contributed by atoms with Crippen molar-refractivity contribution in [2.24, 2.45) is 5.73 Å². The smallest absolute Gasteiger partial charge is 1.00 e. The summed E-state index contributed by atoms with van der Waals surface area (Å²) < 4.78 is 5.35. The quantitative estimate of drug-likeness (QED) is 0.145. The van der Waals surface area contributed by atoms with Crippen LogP contribution in [0.1, 0.15) is 152 Å². The molecule has 0 aromatic carbocycles. The summed E-state index contributed by atoms with van der Waals surface area (Å²) in [6.07, 6.45) is 26.8. The van der Waals surface area contributed by atoms with Crippen molar-refractivity contribution in [1.29, 1.82) is 0 Å². The average Bonchev–Trinajstić information content (AvgIpc) is 2.73. The van der Waals surface area contributed by atoms with Crippen LogP contribution in [0.3, 0.4) is 0 Å². The predicted octanol–water partition coefficient (Wildman–Crippen LogP) is 2.32. The van der Waals surface area contributed by atoms with E-state index in [4.69, 9.17) is 10.5 Å². The molecular formula is C26H55NNa2O2. The first-order chi connectivity index (χ1) is 14.2. The van der Waals surface area contributed by atoms with Gasteiger partial charge in [-0.15, -0.1) is 0 Å². The first kappa shape index (κ1) is 37.0. The summed E-state index contributed by atoms with van der Waals surface area (Å²) >= 11 is 0. The van der Waals surface area contributed by atoms with Gasteiger partial charge in [-0.25, -0.2) is 0 Å². The molecule has 178 valence electrons. The molecule has 3 nitrogen and oxygen atoms in total. The first-order valence-electron chi connectivity index (χ1n) is 13.1. The second-order valence-electron chi connectivity index (χ2n) is 8.93. The summed E-state index contributed by atoms with van der Waals surface area (Å²) in [6, 6.07) is -0.424. The van der Waals surface area contributed by atoms with Gasteiger partial charge in [0.15, 0.2) is 0 Å². The number of ether oxygens (including phenoxy) is 1. The van der Waals surface area contributed by atoms with Gasteiger partial charge >= 0.3 is 65.1 Å². The van der Waals surface area contributed by atoms with Gasteiger partial charge in [0.1, 0.15) is 6.04 Å². The van der Waals surface area contributed by atoms with E-state index in [0.717, 1.165) is 25.7 Å². The van der Waals surface area contributed by atoms with Crippen molar-refractivity contribution in [2.75, 3.05) is 6.61 Å². The minimum absolute atomic E-state index is 0. The normalized spacial score (nSPS) is 11.5. The monoisotopic (exact) mass is 459 g/mol. The number of hydrogen-bond acceptors (Lipinski definition) is 3. The summed E-state index contributed by atoms with van der Waals surface area (Å²) in [6.45, 7) is 5.07. The van der Waals surface area contributed by atoms with Gasteiger partial charge in [-0.2, -0.15) is 0 Å². The minimum atomic E-state index is -0.424. The van der Waals surface area contributed by atoms with Gasteiger partial charge in [0.2, 0.25) is 0 Å². The van der Waals surface area contributed by atoms with Gasteiger partial charge < -0.3 is 13.3 Å². The van der Waals surface area contributed by atoms with Crippen molar-refractivity contribution in [3.63, 3.8) is 0 Å². The standard InChI is InChI=1S/C26H53NO2.2Na.2H/c1-3-5-7-9-11-13-15-17-19-21-23-25(27)26(28)29-24-22-20-18-16-14-12-10-8-6-4-2;;;;/h25H,3-24,27H2,1-2H3;;;;/q;2*+1;2*-1. The van der Waals surface area contributed by atoms with Gasteiger partial charge in [-0.1, -0.05) is 136 Å². The summed E-state index contributed by atoms with van der Waals surface area (Å²) in [5, 5.41) is 0. The second-order valence-corrected chi connectivity index (χ2v) is 8.93. The zero-order valence-electron chi connectivity index (χ0n) is 24.0. The summed E-state index contributed by atoms with van der Waals surface area (Å²) in [7, 11) is 0. The molecule has 0 fully saturated rings. The Hall–Kier alpha value is 1.43. The molecule has 0 heterocycles. The van der Waals surface area contributed by atoms with E-state index >= 15 is 0 Å². The molecule has 1 unspecified atom stereocenters. The molecule has 0 amide bonds. The van der Waals surface area contributed by atoms with E-state index in [-0.39, 0.29) is 67.9 Å². The molecule has 0 rings (SSSR count). The summed E-state index contributed by atoms with van der Waals surface area (Å²) in [4.78, 5) is 11.9. The molecule has 0 aliphatic carbocycles. The number of nitrogens with two attached hydrogens (primary N) is 1. The molecule has 0 aromatic rings. The Kier molecular flexibility index (Phi) is 37.5. The zero-order chi connectivity index (χ0) is 21.4. The van der Waals surface area contributed by atoms with Crippen molar-refractivity contribution < 1.29 is 71.5 Å². The van der Waals surface area contributed by atoms with Gasteiger partial charge in [0, 0.05) is 0 Å². The predicted molar refractivity (Wildman–Crippen MR) is 129 cm³/mol. The number of hydrogen-bond donors (Lipinski definition) is 1. The molecule has 0 spiro atoms. The first-order valence-corrected chi connectivity index (χ1v) is 13.1. The molecule has 2 N–H and O–H groups in total. The van der Waals surface area contributed by atoms with E-state index in [9.17, 15) is 4.79 Å². The van der Waals surface area contributed by atoms with E-state index in [1.807, 2.05) is 0 Å². The molecule has 31 heavy (non-hydrogen) atoms. The molecule has 0 radical (unpaired) electrons. The van der Waals surface area contributed by atoms with Crippen molar-refractivity contribution in [1.82, 2.24) is 0 Å². The third-order valence-electron chi connectivity index (χ3n) is 5.91. The van der Waals surface area contributed by atoms with Crippen LogP contribution < -0.4 is 64.8 Å². The molecule has 0 saturated carbocycles. The summed E-state index contributed by atoms with van der Waals surface area (Å²) in [5.74, 6) is -0.197. The van der Waals surface area contributed by atoms with Gasteiger partial charge in [0.25, 0.3) is 0 Å². The third kappa shape index (κ3) is 29.4. The largest absolute Gasteiger partial charge is 1.00 e. The maximum atomic E-state index is 11.9. The van der Waals surface area contributed by atoms with Crippen molar-refractivity contribution in [3.05, 3.63) is 0 Å². The zero-order valence-corrected chi connectivity index (χ0v) is 26.0. The van der Waals surface area contributed by atoms with Crippen LogP contribution in [0, 0.1) is 0 Å². The minimum Gasteiger partial charge on any atom is -1.00 e. The Morgan fingerprint density at radius 1 is 0.613 bits per heavy atom. The van der Waals surface area contributed by atoms with E-state index in [2.05, 4.69) is 13.8 Å². The maximum Gasteiger partial charge on any atom is 1.00 e. The molecule has 0 aromatic heterocycles. The molecule has 1 atom stereocenters. The number of rotatable bonds is 23. The number of esters is 1. The third-order valence-corrected chi connectivity index (χ3v) is 5.91. The van der Waals surface area contributed by atoms with E-state index in [1.165, 1.54) is 109 Å². The molecule has 0 saturated heterocycles. The van der Waals surface area contributed by atoms with E-state index in [1.54, 1.807) is 0 Å². The molecular weight excluding hydrogens is 404 g/mol. The Morgan fingerprint density at radius 3 is 1.32 bits per heavy atom. The van der Waals surface area contributed by atoms with Crippen molar-refractivity contribution in [3.8, 4) is 0 Å². The van der Waals surface area contributed by atoms with Crippen LogP contribution in [0.4, 0.5) is 0 Å². The van der Waals surface area contributed by atoms with Crippen LogP contribution in [-0.4, -0.2) is 18.6 Å². The Balaban J connectivity index is -0.000000653. The van der Waals surface area contributed by atoms with Crippen LogP contribution in [0.5, 0.6) is 0 Å². The average molecular weight is 460 g/mol. The molecule has 5 heteroatoms. The number of carbonyl (C=O) groups excluding carboxylic acids is 1. The van der Waals surface area contributed by atoms with Gasteiger partial charge in [-0.05, 0) is 12.8 Å². The van der Waals surface area contributed by atoms with Crippen LogP contribution in [0.15, 0.2) is 0 Å². The number of carbonyl (C=O) groups is 1. The molecule has 0 aliphatic heterocycles. The van der Waals surface area contributed by atoms with E-state index < -0.39 is 6.04 Å². The van der Waals surface area contributed by atoms with Gasteiger partial charge in [0.05, 0.1) is 6.61 Å². The Bertz CT molecular complexity index is 354. The topological polar surface area (TPSA) is 52.3 Å². The Morgan fingerprint density at radius 2 is 0.935 bits per heavy atom. The van der Waals surface area contributed by atoms with Crippen LogP contribution in [0.2, 0.25) is 0 Å². The molecule has 0 bridgehead atoms. The van der Waals surface area contributed by atoms with Crippen molar-refractivity contribution >= 4 is 5.97 Å². The van der Waals surface area contributed by atoms with Crippen LogP contribution in [-0.2, 0) is 9.53 Å². The Labute approximate surface area is 242 Å². The second kappa shape index (κ2) is 31.4. The SMILES string of the molecule is CCCCCCCCCCCCOC(=O)C(N)CCCCCCCCCCCC.[H-].[H-].[Na+].[Na+]. The van der Waals surface area contributed by atoms with E-state index in [0.29, 0.717) is 6.61 Å². The van der Waals surface area contributed by atoms with Crippen LogP contribution >= 0.6 is 0 Å². The fraction of sp³-hybridized carbons (Fsp3) is 0.962.